The average molecular weight is 366 g/mol. The van der Waals surface area contributed by atoms with E-state index in [0.29, 0.717) is 29.0 Å². The second-order valence-corrected chi connectivity index (χ2v) is 5.29. The Morgan fingerprint density at radius 3 is 2.88 bits per heavy atom. The molecule has 1 aromatic heterocycles. The molecule has 0 amide bonds. The standard InChI is InChI=1S/C16H16ClN3O3S/c1-3-23-16(21)11-8-18-14(9-24)20-15(11)19-7-10-4-5-13(22-2)12(17)6-10/h4-6,8-9H,3,7H2,1-2H3,(H,18,19,20). The molecule has 0 spiro atoms. The van der Waals surface area contributed by atoms with Gasteiger partial charge in [0.25, 0.3) is 0 Å². The molecule has 0 aliphatic rings. The summed E-state index contributed by atoms with van der Waals surface area (Å²) in [4.78, 5) is 20.2. The summed E-state index contributed by atoms with van der Waals surface area (Å²) in [5.41, 5.74) is 1.15. The lowest BCUT2D eigenvalue weighted by Crippen LogP contribution is -2.13. The zero-order chi connectivity index (χ0) is 17.5. The number of hydrogen-bond acceptors (Lipinski definition) is 7. The van der Waals surface area contributed by atoms with Crippen LogP contribution in [0.1, 0.15) is 28.7 Å². The number of ether oxygens (including phenoxy) is 2. The zero-order valence-corrected chi connectivity index (χ0v) is 14.8. The van der Waals surface area contributed by atoms with E-state index in [9.17, 15) is 4.79 Å². The summed E-state index contributed by atoms with van der Waals surface area (Å²) in [7, 11) is 1.55. The molecular formula is C16H16ClN3O3S. The van der Waals surface area contributed by atoms with E-state index in [4.69, 9.17) is 33.3 Å². The topological polar surface area (TPSA) is 73.3 Å². The number of carbonyl (C=O) groups excluding carboxylic acids is 1. The van der Waals surface area contributed by atoms with E-state index in [1.54, 1.807) is 26.2 Å². The number of halogens is 1. The minimum atomic E-state index is -0.497. The molecule has 0 fully saturated rings. The van der Waals surface area contributed by atoms with Crippen molar-refractivity contribution >= 4 is 41.0 Å². The largest absolute Gasteiger partial charge is 0.495 e. The van der Waals surface area contributed by atoms with Gasteiger partial charge in [0.1, 0.15) is 17.1 Å². The van der Waals surface area contributed by atoms with Crippen molar-refractivity contribution in [1.82, 2.24) is 9.97 Å². The van der Waals surface area contributed by atoms with Crippen molar-refractivity contribution in [2.75, 3.05) is 19.0 Å². The van der Waals surface area contributed by atoms with Gasteiger partial charge < -0.3 is 14.8 Å². The fourth-order valence-corrected chi connectivity index (χ4v) is 2.34. The van der Waals surface area contributed by atoms with E-state index in [1.165, 1.54) is 11.6 Å². The van der Waals surface area contributed by atoms with Gasteiger partial charge in [-0.25, -0.2) is 14.8 Å². The molecule has 2 rings (SSSR count). The van der Waals surface area contributed by atoms with Crippen molar-refractivity contribution in [1.29, 1.82) is 0 Å². The van der Waals surface area contributed by atoms with E-state index in [-0.39, 0.29) is 12.2 Å². The van der Waals surface area contributed by atoms with Crippen LogP contribution in [0.5, 0.6) is 5.75 Å². The second-order valence-electron chi connectivity index (χ2n) is 4.65. The summed E-state index contributed by atoms with van der Waals surface area (Å²) in [5.74, 6) is 0.793. The molecule has 8 heteroatoms. The first-order valence-corrected chi connectivity index (χ1v) is 7.99. The molecule has 0 saturated carbocycles. The fourth-order valence-electron chi connectivity index (χ4n) is 1.95. The normalized spacial score (nSPS) is 10.1. The Hall–Kier alpha value is -2.25. The Balaban J connectivity index is 2.22. The maximum atomic E-state index is 12.0. The Morgan fingerprint density at radius 2 is 2.25 bits per heavy atom. The molecule has 126 valence electrons. The monoisotopic (exact) mass is 365 g/mol. The first kappa shape index (κ1) is 18.1. The first-order valence-electron chi connectivity index (χ1n) is 7.14. The summed E-state index contributed by atoms with van der Waals surface area (Å²) < 4.78 is 10.1. The average Bonchev–Trinajstić information content (AvgIpc) is 2.60. The van der Waals surface area contributed by atoms with Crippen LogP contribution in [0.2, 0.25) is 5.02 Å². The predicted octanol–water partition coefficient (Wildman–Crippen LogP) is 3.28. The van der Waals surface area contributed by atoms with Crippen molar-refractivity contribution in [3.63, 3.8) is 0 Å². The van der Waals surface area contributed by atoms with E-state index in [2.05, 4.69) is 15.3 Å². The smallest absolute Gasteiger partial charge is 0.343 e. The number of esters is 1. The third-order valence-electron chi connectivity index (χ3n) is 3.08. The summed E-state index contributed by atoms with van der Waals surface area (Å²) in [6.45, 7) is 2.40. The third-order valence-corrected chi connectivity index (χ3v) is 3.59. The van der Waals surface area contributed by atoms with Gasteiger partial charge in [-0.3, -0.25) is 0 Å². The third kappa shape index (κ3) is 4.39. The van der Waals surface area contributed by atoms with Crippen molar-refractivity contribution < 1.29 is 14.3 Å². The highest BCUT2D eigenvalue weighted by Crippen LogP contribution is 2.25. The van der Waals surface area contributed by atoms with Crippen molar-refractivity contribution in [3.05, 3.63) is 46.4 Å². The second kappa shape index (κ2) is 8.56. The van der Waals surface area contributed by atoms with Gasteiger partial charge in [-0.15, -0.1) is 0 Å². The van der Waals surface area contributed by atoms with Gasteiger partial charge >= 0.3 is 5.97 Å². The molecule has 0 aliphatic heterocycles. The minimum absolute atomic E-state index is 0.247. The highest BCUT2D eigenvalue weighted by atomic mass is 35.5. The minimum Gasteiger partial charge on any atom is -0.495 e. The molecule has 0 radical (unpaired) electrons. The maximum Gasteiger partial charge on any atom is 0.343 e. The van der Waals surface area contributed by atoms with Crippen LogP contribution in [0.15, 0.2) is 24.4 Å². The molecule has 0 unspecified atom stereocenters. The van der Waals surface area contributed by atoms with E-state index in [1.807, 2.05) is 6.07 Å². The van der Waals surface area contributed by atoms with Gasteiger partial charge in [-0.05, 0) is 24.6 Å². The molecule has 0 aliphatic carbocycles. The summed E-state index contributed by atoms with van der Waals surface area (Å²) in [5, 5.41) is 4.93. The van der Waals surface area contributed by atoms with Crippen LogP contribution in [0, 0.1) is 0 Å². The lowest BCUT2D eigenvalue weighted by atomic mass is 10.2. The molecule has 1 aromatic carbocycles. The Labute approximate surface area is 150 Å². The number of benzene rings is 1. The van der Waals surface area contributed by atoms with E-state index in [0.717, 1.165) is 5.56 Å². The quantitative estimate of drug-likeness (QED) is 0.596. The SMILES string of the molecule is CCOC(=O)c1cnc(C=S)nc1NCc1ccc(OC)c(Cl)c1. The summed E-state index contributed by atoms with van der Waals surface area (Å²) in [6.07, 6.45) is 1.40. The number of nitrogens with zero attached hydrogens (tertiary/aromatic N) is 2. The number of nitrogens with one attached hydrogen (secondary N) is 1. The molecule has 0 saturated heterocycles. The van der Waals surface area contributed by atoms with E-state index >= 15 is 0 Å². The summed E-state index contributed by atoms with van der Waals surface area (Å²) >= 11 is 10.9. The maximum absolute atomic E-state index is 12.0. The molecule has 1 heterocycles. The molecule has 6 nitrogen and oxygen atoms in total. The van der Waals surface area contributed by atoms with Crippen LogP contribution in [0.3, 0.4) is 0 Å². The molecule has 2 aromatic rings. The fraction of sp³-hybridized carbons (Fsp3) is 0.250. The van der Waals surface area contributed by atoms with Gasteiger partial charge in [0, 0.05) is 18.1 Å². The predicted molar refractivity (Wildman–Crippen MR) is 96.1 cm³/mol. The Bertz CT molecular complexity index is 755. The van der Waals surface area contributed by atoms with Crippen molar-refractivity contribution in [2.45, 2.75) is 13.5 Å². The molecule has 24 heavy (non-hydrogen) atoms. The van der Waals surface area contributed by atoms with Gasteiger partial charge in [0.15, 0.2) is 5.82 Å². The lowest BCUT2D eigenvalue weighted by Gasteiger charge is -2.11. The van der Waals surface area contributed by atoms with Gasteiger partial charge in [-0.1, -0.05) is 29.9 Å². The Kier molecular flexibility index (Phi) is 6.45. The number of hydrogen-bond donors (Lipinski definition) is 1. The zero-order valence-electron chi connectivity index (χ0n) is 13.2. The van der Waals surface area contributed by atoms with E-state index < -0.39 is 5.97 Å². The van der Waals surface area contributed by atoms with Crippen LogP contribution in [0.25, 0.3) is 0 Å². The number of anilines is 1. The van der Waals surface area contributed by atoms with Crippen LogP contribution < -0.4 is 10.1 Å². The molecule has 1 N–H and O–H groups in total. The number of rotatable bonds is 7. The van der Waals surface area contributed by atoms with Crippen molar-refractivity contribution in [2.24, 2.45) is 0 Å². The number of thiocarbonyl (C=S) groups is 1. The van der Waals surface area contributed by atoms with Crippen molar-refractivity contribution in [3.8, 4) is 5.75 Å². The van der Waals surface area contributed by atoms with Gasteiger partial charge in [-0.2, -0.15) is 0 Å². The summed E-state index contributed by atoms with van der Waals surface area (Å²) in [6, 6.07) is 5.41. The highest BCUT2D eigenvalue weighted by Gasteiger charge is 2.15. The Morgan fingerprint density at radius 1 is 1.46 bits per heavy atom. The number of aromatic nitrogens is 2. The first-order chi connectivity index (χ1) is 11.6. The van der Waals surface area contributed by atoms with Gasteiger partial charge in [0.05, 0.1) is 18.7 Å². The lowest BCUT2D eigenvalue weighted by molar-refractivity contribution is 0.0526. The molecular weight excluding hydrogens is 350 g/mol. The van der Waals surface area contributed by atoms with Crippen LogP contribution >= 0.6 is 23.8 Å². The highest BCUT2D eigenvalue weighted by molar-refractivity contribution is 7.79. The number of carbonyl (C=O) groups is 1. The number of methoxy groups -OCH3 is 1. The van der Waals surface area contributed by atoms with Crippen LogP contribution in [-0.2, 0) is 11.3 Å². The van der Waals surface area contributed by atoms with Gasteiger partial charge in [0.2, 0.25) is 0 Å². The molecule has 0 atom stereocenters. The van der Waals surface area contributed by atoms with Crippen LogP contribution in [-0.4, -0.2) is 35.0 Å². The van der Waals surface area contributed by atoms with Crippen LogP contribution in [0.4, 0.5) is 5.82 Å². The molecule has 0 bridgehead atoms.